The number of benzene rings is 1. The zero-order valence-corrected chi connectivity index (χ0v) is 15.6. The second-order valence-corrected chi connectivity index (χ2v) is 6.22. The highest BCUT2D eigenvalue weighted by atomic mass is 16.5. The molecular weight excluding hydrogens is 344 g/mol. The Kier molecular flexibility index (Phi) is 4.74. The van der Waals surface area contributed by atoms with Gasteiger partial charge in [0.1, 0.15) is 17.4 Å². The number of aromatic nitrogens is 2. The van der Waals surface area contributed by atoms with Gasteiger partial charge in [0.2, 0.25) is 5.88 Å². The van der Waals surface area contributed by atoms with E-state index in [4.69, 9.17) is 15.2 Å². The molecule has 2 N–H and O–H groups in total. The number of allylic oxidation sites excluding steroid dienone is 2. The molecule has 1 aliphatic rings. The standard InChI is InChI=1S/C20H20N4O3/c1-11-16(12(2)24(23-11)14-8-6-5-7-9-14)18-15(10-21)19(22)27-13(3)17(18)20(25)26-4/h5-9,18H,22H2,1-4H3/t18-/m0/s1. The van der Waals surface area contributed by atoms with Crippen molar-refractivity contribution in [2.45, 2.75) is 26.7 Å². The van der Waals surface area contributed by atoms with Crippen LogP contribution in [0.1, 0.15) is 29.8 Å². The van der Waals surface area contributed by atoms with Gasteiger partial charge in [0.15, 0.2) is 0 Å². The van der Waals surface area contributed by atoms with Crippen molar-refractivity contribution < 1.29 is 14.3 Å². The first-order valence-corrected chi connectivity index (χ1v) is 8.38. The van der Waals surface area contributed by atoms with Gasteiger partial charge in [0.05, 0.1) is 30.0 Å². The topological polar surface area (TPSA) is 103 Å². The summed E-state index contributed by atoms with van der Waals surface area (Å²) < 4.78 is 12.2. The number of aryl methyl sites for hydroxylation is 1. The van der Waals surface area contributed by atoms with Gasteiger partial charge in [-0.3, -0.25) is 0 Å². The number of hydrogen-bond donors (Lipinski definition) is 1. The number of nitrogens with zero attached hydrogens (tertiary/aromatic N) is 3. The summed E-state index contributed by atoms with van der Waals surface area (Å²) in [6, 6.07) is 11.7. The van der Waals surface area contributed by atoms with Crippen molar-refractivity contribution in [3.05, 3.63) is 70.1 Å². The first-order valence-electron chi connectivity index (χ1n) is 8.38. The predicted molar refractivity (Wildman–Crippen MR) is 98.4 cm³/mol. The minimum absolute atomic E-state index is 0.0149. The number of carbonyl (C=O) groups is 1. The van der Waals surface area contributed by atoms with Gasteiger partial charge in [-0.2, -0.15) is 10.4 Å². The fourth-order valence-electron chi connectivity index (χ4n) is 3.44. The van der Waals surface area contributed by atoms with E-state index in [1.807, 2.05) is 44.2 Å². The molecule has 1 aromatic carbocycles. The Morgan fingerprint density at radius 1 is 1.30 bits per heavy atom. The van der Waals surface area contributed by atoms with E-state index in [1.165, 1.54) is 7.11 Å². The molecule has 27 heavy (non-hydrogen) atoms. The van der Waals surface area contributed by atoms with Crippen LogP contribution in [-0.2, 0) is 14.3 Å². The van der Waals surface area contributed by atoms with Gasteiger partial charge >= 0.3 is 5.97 Å². The number of para-hydroxylation sites is 1. The van der Waals surface area contributed by atoms with Crippen LogP contribution in [0.2, 0.25) is 0 Å². The highest BCUT2D eigenvalue weighted by molar-refractivity contribution is 5.92. The predicted octanol–water partition coefficient (Wildman–Crippen LogP) is 2.74. The molecule has 7 heteroatoms. The number of hydrogen-bond acceptors (Lipinski definition) is 6. The van der Waals surface area contributed by atoms with Crippen molar-refractivity contribution in [3.63, 3.8) is 0 Å². The fourth-order valence-corrected chi connectivity index (χ4v) is 3.44. The molecule has 3 rings (SSSR count). The summed E-state index contributed by atoms with van der Waals surface area (Å²) in [7, 11) is 1.29. The Bertz CT molecular complexity index is 1010. The average Bonchev–Trinajstić information content (AvgIpc) is 2.95. The maximum absolute atomic E-state index is 12.5. The van der Waals surface area contributed by atoms with Crippen LogP contribution in [0.5, 0.6) is 0 Å². The molecule has 0 spiro atoms. The molecule has 7 nitrogen and oxygen atoms in total. The normalized spacial score (nSPS) is 16.8. The molecule has 0 amide bonds. The van der Waals surface area contributed by atoms with Gasteiger partial charge in [-0.1, -0.05) is 18.2 Å². The molecule has 0 saturated heterocycles. The van der Waals surface area contributed by atoms with Gasteiger partial charge in [-0.15, -0.1) is 0 Å². The molecule has 2 heterocycles. The van der Waals surface area contributed by atoms with E-state index in [0.29, 0.717) is 11.5 Å². The van der Waals surface area contributed by atoms with Crippen LogP contribution in [0.3, 0.4) is 0 Å². The monoisotopic (exact) mass is 364 g/mol. The van der Waals surface area contributed by atoms with Crippen LogP contribution in [0.25, 0.3) is 5.69 Å². The van der Waals surface area contributed by atoms with Crippen molar-refractivity contribution in [3.8, 4) is 11.8 Å². The molecule has 0 bridgehead atoms. The van der Waals surface area contributed by atoms with Crippen molar-refractivity contribution in [1.82, 2.24) is 9.78 Å². The van der Waals surface area contributed by atoms with E-state index in [1.54, 1.807) is 11.6 Å². The van der Waals surface area contributed by atoms with Crippen LogP contribution < -0.4 is 5.73 Å². The molecule has 1 aromatic heterocycles. The quantitative estimate of drug-likeness (QED) is 0.840. The van der Waals surface area contributed by atoms with Gasteiger partial charge in [0, 0.05) is 11.3 Å². The fraction of sp³-hybridized carbons (Fsp3) is 0.250. The smallest absolute Gasteiger partial charge is 0.338 e. The average molecular weight is 364 g/mol. The second kappa shape index (κ2) is 7.00. The summed E-state index contributed by atoms with van der Waals surface area (Å²) in [5, 5.41) is 14.3. The summed E-state index contributed by atoms with van der Waals surface area (Å²) >= 11 is 0. The molecule has 0 radical (unpaired) electrons. The molecule has 1 aliphatic heterocycles. The summed E-state index contributed by atoms with van der Waals surface area (Å²) in [5.74, 6) is -0.966. The van der Waals surface area contributed by atoms with Crippen molar-refractivity contribution in [2.24, 2.45) is 5.73 Å². The number of esters is 1. The summed E-state index contributed by atoms with van der Waals surface area (Å²) in [5.41, 5.74) is 9.49. The lowest BCUT2D eigenvalue weighted by Crippen LogP contribution is -2.25. The molecule has 2 aromatic rings. The van der Waals surface area contributed by atoms with Gasteiger partial charge in [-0.05, 0) is 32.9 Å². The summed E-state index contributed by atoms with van der Waals surface area (Å²) in [6.07, 6.45) is 0. The Labute approximate surface area is 157 Å². The lowest BCUT2D eigenvalue weighted by Gasteiger charge is -2.26. The van der Waals surface area contributed by atoms with Crippen molar-refractivity contribution >= 4 is 5.97 Å². The molecule has 0 fully saturated rings. The summed E-state index contributed by atoms with van der Waals surface area (Å²) in [4.78, 5) is 12.5. The van der Waals surface area contributed by atoms with Gasteiger partial charge in [0.25, 0.3) is 0 Å². The largest absolute Gasteiger partial charge is 0.466 e. The number of nitrogens with two attached hydrogens (primary N) is 1. The number of nitriles is 1. The summed E-state index contributed by atoms with van der Waals surface area (Å²) in [6.45, 7) is 5.37. The highest BCUT2D eigenvalue weighted by Crippen LogP contribution is 2.42. The molecule has 1 atom stereocenters. The zero-order valence-electron chi connectivity index (χ0n) is 15.6. The molecule has 0 saturated carbocycles. The second-order valence-electron chi connectivity index (χ2n) is 6.22. The van der Waals surface area contributed by atoms with E-state index in [-0.39, 0.29) is 17.0 Å². The number of carbonyl (C=O) groups excluding carboxylic acids is 1. The third-order valence-electron chi connectivity index (χ3n) is 4.65. The molecular formula is C20H20N4O3. The first kappa shape index (κ1) is 18.3. The van der Waals surface area contributed by atoms with E-state index in [9.17, 15) is 10.1 Å². The van der Waals surface area contributed by atoms with Crippen LogP contribution in [0.4, 0.5) is 0 Å². The maximum atomic E-state index is 12.5. The molecule has 0 unspecified atom stereocenters. The third kappa shape index (κ3) is 2.95. The highest BCUT2D eigenvalue weighted by Gasteiger charge is 2.39. The lowest BCUT2D eigenvalue weighted by molar-refractivity contribution is -0.136. The van der Waals surface area contributed by atoms with Crippen LogP contribution >= 0.6 is 0 Å². The Balaban J connectivity index is 2.26. The van der Waals surface area contributed by atoms with Crippen molar-refractivity contribution in [2.75, 3.05) is 7.11 Å². The zero-order chi connectivity index (χ0) is 19.7. The van der Waals surface area contributed by atoms with Crippen LogP contribution in [0, 0.1) is 25.2 Å². The number of rotatable bonds is 3. The number of ether oxygens (including phenoxy) is 2. The van der Waals surface area contributed by atoms with E-state index >= 15 is 0 Å². The number of methoxy groups -OCH3 is 1. The van der Waals surface area contributed by atoms with E-state index in [2.05, 4.69) is 11.2 Å². The van der Waals surface area contributed by atoms with Gasteiger partial charge in [-0.25, -0.2) is 9.48 Å². The lowest BCUT2D eigenvalue weighted by atomic mass is 9.82. The van der Waals surface area contributed by atoms with E-state index < -0.39 is 11.9 Å². The Hall–Kier alpha value is -3.53. The molecule has 0 aliphatic carbocycles. The maximum Gasteiger partial charge on any atom is 0.338 e. The minimum atomic E-state index is -0.700. The minimum Gasteiger partial charge on any atom is -0.466 e. The SMILES string of the molecule is COC(=O)C1=C(C)OC(N)=C(C#N)[C@H]1c1c(C)nn(-c2ccccc2)c1C. The third-order valence-corrected chi connectivity index (χ3v) is 4.65. The van der Waals surface area contributed by atoms with E-state index in [0.717, 1.165) is 16.9 Å². The first-order chi connectivity index (χ1) is 12.9. The molecule has 138 valence electrons. The van der Waals surface area contributed by atoms with Crippen LogP contribution in [0.15, 0.2) is 53.1 Å². The Morgan fingerprint density at radius 2 is 1.96 bits per heavy atom. The van der Waals surface area contributed by atoms with Crippen molar-refractivity contribution in [1.29, 1.82) is 5.26 Å². The Morgan fingerprint density at radius 3 is 2.56 bits per heavy atom. The van der Waals surface area contributed by atoms with Gasteiger partial charge < -0.3 is 15.2 Å². The van der Waals surface area contributed by atoms with Crippen LogP contribution in [-0.4, -0.2) is 22.9 Å².